The van der Waals surface area contributed by atoms with Gasteiger partial charge in [-0.05, 0) is 86.1 Å². The lowest BCUT2D eigenvalue weighted by molar-refractivity contribution is -0.127. The van der Waals surface area contributed by atoms with Crippen LogP contribution in [0.5, 0.6) is 11.5 Å². The summed E-state index contributed by atoms with van der Waals surface area (Å²) in [6.45, 7) is 2.31. The van der Waals surface area contributed by atoms with Gasteiger partial charge in [0.1, 0.15) is 11.5 Å². The number of anilines is 4. The molecule has 21 heteroatoms. The molecule has 0 fully saturated rings. The number of nitrogens with zero attached hydrogens (tertiary/aromatic N) is 4. The third-order valence-corrected chi connectivity index (χ3v) is 10.9. The van der Waals surface area contributed by atoms with Crippen LogP contribution in [-0.2, 0) is 36.8 Å². The highest BCUT2D eigenvalue weighted by Crippen LogP contribution is 2.30. The number of methoxy groups -OCH3 is 2. The molecular weight excluding hydrogens is 958 g/mol. The smallest absolute Gasteiger partial charge is 0.258 e. The van der Waals surface area contributed by atoms with Crippen molar-refractivity contribution in [3.8, 4) is 11.5 Å². The van der Waals surface area contributed by atoms with Gasteiger partial charge in [-0.15, -0.1) is 34.8 Å². The summed E-state index contributed by atoms with van der Waals surface area (Å²) in [5.74, 6) is -2.90. The first-order chi connectivity index (χ1) is 31.6. The van der Waals surface area contributed by atoms with Crippen molar-refractivity contribution in [2.45, 2.75) is 43.6 Å². The topological polar surface area (TPSA) is 218 Å². The second kappa shape index (κ2) is 23.7. The van der Waals surface area contributed by atoms with E-state index in [1.807, 2.05) is 0 Å². The summed E-state index contributed by atoms with van der Waals surface area (Å²) >= 11 is 30.8. The van der Waals surface area contributed by atoms with Gasteiger partial charge < -0.3 is 30.7 Å². The Labute approximate surface area is 403 Å². The van der Waals surface area contributed by atoms with E-state index < -0.39 is 47.3 Å². The van der Waals surface area contributed by atoms with Crippen LogP contribution in [0.3, 0.4) is 0 Å². The Hall–Kier alpha value is -6.43. The lowest BCUT2D eigenvalue weighted by Gasteiger charge is -2.15. The van der Waals surface area contributed by atoms with Gasteiger partial charge in [0.05, 0.1) is 58.5 Å². The van der Waals surface area contributed by atoms with Crippen LogP contribution in [0.1, 0.15) is 51.3 Å². The SMILES string of the molecule is COc1cc(NC(=O)c2cc(N=NC(C(C)=O)C(=O)Nc3ccc(NC(=O)C(N=Nc4ccc(Cl)c(C(=O)Nc5ccc(CCl)c(OC)c5)c4)C(C)=O)c(CCl)c3)ccc2Cl)ccc1CCl. The van der Waals surface area contributed by atoms with Crippen LogP contribution in [0.25, 0.3) is 0 Å². The number of Topliss-reactive ketones (excluding diaryl/α,β-unsaturated/α-hetero) is 2. The number of ketones is 2. The van der Waals surface area contributed by atoms with Crippen molar-refractivity contribution >= 4 is 127 Å². The van der Waals surface area contributed by atoms with Crippen molar-refractivity contribution in [1.82, 2.24) is 0 Å². The number of halogens is 5. The molecule has 0 radical (unpaired) electrons. The molecule has 0 bridgehead atoms. The fourth-order valence-corrected chi connectivity index (χ4v) is 7.03. The largest absolute Gasteiger partial charge is 0.496 e. The number of carbonyl (C=O) groups excluding carboxylic acids is 6. The summed E-state index contributed by atoms with van der Waals surface area (Å²) in [5, 5.41) is 26.9. The van der Waals surface area contributed by atoms with Gasteiger partial charge in [0.25, 0.3) is 23.6 Å². The molecule has 66 heavy (non-hydrogen) atoms. The predicted molar refractivity (Wildman–Crippen MR) is 255 cm³/mol. The zero-order valence-electron chi connectivity index (χ0n) is 35.4. The highest BCUT2D eigenvalue weighted by molar-refractivity contribution is 6.35. The Morgan fingerprint density at radius 1 is 0.515 bits per heavy atom. The van der Waals surface area contributed by atoms with Gasteiger partial charge in [0, 0.05) is 51.9 Å². The molecule has 0 aromatic heterocycles. The normalized spacial score (nSPS) is 12.0. The van der Waals surface area contributed by atoms with E-state index in [4.69, 9.17) is 67.5 Å². The molecule has 0 aliphatic heterocycles. The third-order valence-electron chi connectivity index (χ3n) is 9.39. The summed E-state index contributed by atoms with van der Waals surface area (Å²) in [4.78, 5) is 78.3. The quantitative estimate of drug-likeness (QED) is 0.0353. The van der Waals surface area contributed by atoms with Gasteiger partial charge >= 0.3 is 0 Å². The van der Waals surface area contributed by atoms with Crippen molar-refractivity contribution in [1.29, 1.82) is 0 Å². The number of amides is 4. The van der Waals surface area contributed by atoms with Crippen molar-refractivity contribution in [3.63, 3.8) is 0 Å². The molecule has 2 atom stereocenters. The molecule has 5 aromatic carbocycles. The Kier molecular flexibility index (Phi) is 18.1. The van der Waals surface area contributed by atoms with Crippen LogP contribution in [-0.4, -0.2) is 61.5 Å². The van der Waals surface area contributed by atoms with Crippen LogP contribution in [0, 0.1) is 0 Å². The maximum Gasteiger partial charge on any atom is 0.258 e. The highest BCUT2D eigenvalue weighted by atomic mass is 35.5. The molecule has 4 amide bonds. The van der Waals surface area contributed by atoms with Crippen LogP contribution in [0.2, 0.25) is 10.0 Å². The third kappa shape index (κ3) is 13.1. The number of carbonyl (C=O) groups is 6. The van der Waals surface area contributed by atoms with Crippen LogP contribution < -0.4 is 30.7 Å². The molecule has 0 saturated carbocycles. The minimum Gasteiger partial charge on any atom is -0.496 e. The predicted octanol–water partition coefficient (Wildman–Crippen LogP) is 11.1. The molecule has 16 nitrogen and oxygen atoms in total. The lowest BCUT2D eigenvalue weighted by Crippen LogP contribution is -2.32. The van der Waals surface area contributed by atoms with Crippen LogP contribution in [0.15, 0.2) is 111 Å². The molecule has 5 rings (SSSR count). The monoisotopic (exact) mass is 994 g/mol. The Morgan fingerprint density at radius 3 is 1.33 bits per heavy atom. The molecule has 5 aromatic rings. The van der Waals surface area contributed by atoms with E-state index >= 15 is 0 Å². The minimum atomic E-state index is -1.61. The van der Waals surface area contributed by atoms with Crippen LogP contribution >= 0.6 is 58.0 Å². The van der Waals surface area contributed by atoms with Gasteiger partial charge in [-0.2, -0.15) is 20.5 Å². The first-order valence-electron chi connectivity index (χ1n) is 19.4. The molecular formula is C45H39Cl5N8O8. The number of alkyl halides is 3. The average molecular weight is 997 g/mol. The Bertz CT molecular complexity index is 2750. The van der Waals surface area contributed by atoms with E-state index in [1.54, 1.807) is 36.4 Å². The minimum absolute atomic E-state index is 0.0410. The zero-order chi connectivity index (χ0) is 48.1. The number of benzene rings is 5. The molecule has 4 N–H and O–H groups in total. The molecule has 0 heterocycles. The highest BCUT2D eigenvalue weighted by Gasteiger charge is 2.26. The molecule has 0 aliphatic carbocycles. The fourth-order valence-electron chi connectivity index (χ4n) is 5.96. The molecule has 0 aliphatic rings. The number of ether oxygens (including phenoxy) is 2. The standard InChI is InChI=1S/C45H39Cl5N8O8/c1-23(59)40(57-55-31-9-12-35(49)33(16-31)42(61)51-29-7-5-25(20-46)38(18-29)65-3)44(63)53-28-11-14-37(27(15-28)22-48)54-45(64)41(24(2)60)58-56-32-10-13-36(50)34(17-32)43(62)52-30-8-6-26(21-47)39(19-30)66-4/h5-19,40-41H,20-22H2,1-4H3,(H,51,61)(H,52,62)(H,53,63)(H,54,64). The van der Waals surface area contributed by atoms with Crippen molar-refractivity contribution in [3.05, 3.63) is 129 Å². The molecule has 342 valence electrons. The number of azo groups is 2. The van der Waals surface area contributed by atoms with Gasteiger partial charge in [-0.3, -0.25) is 28.8 Å². The molecule has 0 spiro atoms. The number of rotatable bonds is 19. The fraction of sp³-hybridized carbons (Fsp3) is 0.200. The summed E-state index contributed by atoms with van der Waals surface area (Å²) in [6.07, 6.45) is 0. The lowest BCUT2D eigenvalue weighted by atomic mass is 10.1. The second-order valence-electron chi connectivity index (χ2n) is 14.0. The van der Waals surface area contributed by atoms with Crippen molar-refractivity contribution < 1.29 is 38.2 Å². The average Bonchev–Trinajstić information content (AvgIpc) is 3.30. The van der Waals surface area contributed by atoms with Crippen molar-refractivity contribution in [2.24, 2.45) is 20.5 Å². The first kappa shape index (κ1) is 50.6. The number of hydrogen-bond acceptors (Lipinski definition) is 12. The van der Waals surface area contributed by atoms with E-state index in [0.29, 0.717) is 28.4 Å². The Morgan fingerprint density at radius 2 is 0.924 bits per heavy atom. The second-order valence-corrected chi connectivity index (χ2v) is 15.6. The number of nitrogens with one attached hydrogen (secondary N) is 4. The maximum absolute atomic E-state index is 13.4. The first-order valence-corrected chi connectivity index (χ1v) is 21.8. The van der Waals surface area contributed by atoms with E-state index in [9.17, 15) is 28.8 Å². The molecule has 0 saturated heterocycles. The van der Waals surface area contributed by atoms with Gasteiger partial charge in [0.2, 0.25) is 12.1 Å². The van der Waals surface area contributed by atoms with E-state index in [0.717, 1.165) is 25.0 Å². The van der Waals surface area contributed by atoms with Crippen LogP contribution in [0.4, 0.5) is 34.1 Å². The molecule has 2 unspecified atom stereocenters. The Balaban J connectivity index is 1.25. The number of hydrogen-bond donors (Lipinski definition) is 4. The van der Waals surface area contributed by atoms with Gasteiger partial charge in [0.15, 0.2) is 11.6 Å². The van der Waals surface area contributed by atoms with E-state index in [-0.39, 0.29) is 61.6 Å². The summed E-state index contributed by atoms with van der Waals surface area (Å²) in [6, 6.07) is 19.4. The maximum atomic E-state index is 13.4. The van der Waals surface area contributed by atoms with E-state index in [1.165, 1.54) is 68.8 Å². The van der Waals surface area contributed by atoms with Crippen molar-refractivity contribution in [2.75, 3.05) is 35.5 Å². The van der Waals surface area contributed by atoms with Gasteiger partial charge in [-0.25, -0.2) is 0 Å². The van der Waals surface area contributed by atoms with Gasteiger partial charge in [-0.1, -0.05) is 35.3 Å². The summed E-state index contributed by atoms with van der Waals surface area (Å²) in [5.41, 5.74) is 3.32. The summed E-state index contributed by atoms with van der Waals surface area (Å²) < 4.78 is 10.7. The summed E-state index contributed by atoms with van der Waals surface area (Å²) in [7, 11) is 2.96. The zero-order valence-corrected chi connectivity index (χ0v) is 39.2. The van der Waals surface area contributed by atoms with E-state index in [2.05, 4.69) is 41.7 Å².